The van der Waals surface area contributed by atoms with Crippen LogP contribution < -0.4 is 5.32 Å². The summed E-state index contributed by atoms with van der Waals surface area (Å²) in [6.45, 7) is -0.205. The van der Waals surface area contributed by atoms with Crippen molar-refractivity contribution in [2.24, 2.45) is 0 Å². The molecule has 0 aliphatic heterocycles. The Kier molecular flexibility index (Phi) is 11.0. The number of aliphatic hydroxyl groups excluding tert-OH is 1. The molecule has 1 atom stereocenters. The molecule has 38 heavy (non-hydrogen) atoms. The van der Waals surface area contributed by atoms with Crippen molar-refractivity contribution in [3.8, 4) is 12.1 Å². The smallest absolute Gasteiger partial charge is 0.394 e. The number of hydrogen-bond donors (Lipinski definition) is 2. The first-order valence-corrected chi connectivity index (χ1v) is 11.9. The lowest BCUT2D eigenvalue weighted by Gasteiger charge is -2.19. The van der Waals surface area contributed by atoms with E-state index in [4.69, 9.17) is 10.5 Å². The first kappa shape index (κ1) is 30.5. The van der Waals surface area contributed by atoms with E-state index < -0.39 is 40.4 Å². The van der Waals surface area contributed by atoms with Gasteiger partial charge in [-0.1, -0.05) is 30.3 Å². The van der Waals surface area contributed by atoms with Crippen LogP contribution in [0.2, 0.25) is 0 Å². The fourth-order valence-corrected chi connectivity index (χ4v) is 4.10. The van der Waals surface area contributed by atoms with Gasteiger partial charge in [0, 0.05) is 17.2 Å². The predicted molar refractivity (Wildman–Crippen MR) is 129 cm³/mol. The molecular weight excluding hydrogens is 535 g/mol. The fraction of sp³-hybridized carbons (Fsp3) is 0.231. The van der Waals surface area contributed by atoms with E-state index in [9.17, 15) is 35.8 Å². The number of halogens is 7. The molecule has 0 aliphatic carbocycles. The highest BCUT2D eigenvalue weighted by Crippen LogP contribution is 2.34. The van der Waals surface area contributed by atoms with Crippen LogP contribution >= 0.6 is 11.8 Å². The topological polar surface area (TPSA) is 79.8 Å². The van der Waals surface area contributed by atoms with Crippen LogP contribution in [-0.2, 0) is 18.1 Å². The van der Waals surface area contributed by atoms with Gasteiger partial charge in [0.05, 0.1) is 47.0 Å². The molecule has 2 N–H and O–H groups in total. The van der Waals surface area contributed by atoms with Gasteiger partial charge < -0.3 is 10.4 Å². The zero-order valence-electron chi connectivity index (χ0n) is 19.4. The van der Waals surface area contributed by atoms with Crippen LogP contribution in [0.4, 0.5) is 36.4 Å². The normalized spacial score (nSPS) is 11.9. The Balaban J connectivity index is 0.000000328. The summed E-state index contributed by atoms with van der Waals surface area (Å²) in [4.78, 5) is 0. The van der Waals surface area contributed by atoms with Crippen molar-refractivity contribution in [2.45, 2.75) is 24.1 Å². The van der Waals surface area contributed by atoms with Crippen molar-refractivity contribution in [1.82, 2.24) is 0 Å². The minimum Gasteiger partial charge on any atom is -0.394 e. The highest BCUT2D eigenvalue weighted by molar-refractivity contribution is 7.98. The molecule has 0 fully saturated rings. The zero-order valence-corrected chi connectivity index (χ0v) is 20.3. The second-order valence-corrected chi connectivity index (χ2v) is 8.72. The van der Waals surface area contributed by atoms with Gasteiger partial charge in [-0.25, -0.2) is 4.39 Å². The number of alkyl halides is 6. The van der Waals surface area contributed by atoms with Gasteiger partial charge in [-0.3, -0.25) is 0 Å². The van der Waals surface area contributed by atoms with Gasteiger partial charge in [0.1, 0.15) is 5.82 Å². The molecule has 0 radical (unpaired) electrons. The molecule has 0 bridgehead atoms. The molecule has 0 amide bonds. The Hall–Kier alpha value is -3.74. The molecule has 4 nitrogen and oxygen atoms in total. The van der Waals surface area contributed by atoms with Gasteiger partial charge >= 0.3 is 12.4 Å². The zero-order chi connectivity index (χ0) is 28.3. The van der Waals surface area contributed by atoms with E-state index in [0.717, 1.165) is 35.6 Å². The molecule has 0 spiro atoms. The van der Waals surface area contributed by atoms with Gasteiger partial charge in [0.2, 0.25) is 0 Å². The van der Waals surface area contributed by atoms with Gasteiger partial charge in [-0.2, -0.15) is 48.6 Å². The van der Waals surface area contributed by atoms with E-state index in [1.165, 1.54) is 12.1 Å². The van der Waals surface area contributed by atoms with Crippen LogP contribution in [0.1, 0.15) is 27.8 Å². The molecule has 3 aromatic rings. The maximum Gasteiger partial charge on any atom is 0.417 e. The summed E-state index contributed by atoms with van der Waals surface area (Å²) in [7, 11) is 0. The summed E-state index contributed by atoms with van der Waals surface area (Å²) in [5.41, 5.74) is -1.85. The molecule has 3 aromatic carbocycles. The van der Waals surface area contributed by atoms with Crippen LogP contribution in [0.5, 0.6) is 0 Å². The average molecular weight is 556 g/mol. The molecule has 0 aromatic heterocycles. The molecule has 200 valence electrons. The molecule has 3 rings (SSSR count). The van der Waals surface area contributed by atoms with Crippen molar-refractivity contribution in [2.75, 3.05) is 17.7 Å². The number of nitrogens with one attached hydrogen (secondary N) is 1. The van der Waals surface area contributed by atoms with Gasteiger partial charge in [-0.05, 0) is 42.0 Å². The van der Waals surface area contributed by atoms with E-state index in [0.29, 0.717) is 11.8 Å². The van der Waals surface area contributed by atoms with Crippen molar-refractivity contribution in [3.05, 3.63) is 100 Å². The number of rotatable bonds is 7. The van der Waals surface area contributed by atoms with Crippen molar-refractivity contribution >= 4 is 17.4 Å². The highest BCUT2D eigenvalue weighted by Gasteiger charge is 2.34. The van der Waals surface area contributed by atoms with Crippen LogP contribution in [0, 0.1) is 28.5 Å². The molecule has 0 aliphatic rings. The quantitative estimate of drug-likeness (QED) is 0.307. The summed E-state index contributed by atoms with van der Waals surface area (Å²) < 4.78 is 87.7. The molecule has 0 unspecified atom stereocenters. The average Bonchev–Trinajstić information content (AvgIpc) is 2.88. The third-order valence-electron chi connectivity index (χ3n) is 4.87. The van der Waals surface area contributed by atoms with Crippen LogP contribution in [0.3, 0.4) is 0 Å². The lowest BCUT2D eigenvalue weighted by molar-refractivity contribution is -0.138. The van der Waals surface area contributed by atoms with Crippen molar-refractivity contribution in [3.63, 3.8) is 0 Å². The first-order valence-electron chi connectivity index (χ1n) is 10.8. The number of anilines is 1. The number of thioether (sulfide) groups is 1. The highest BCUT2D eigenvalue weighted by atomic mass is 32.2. The Bertz CT molecular complexity index is 1280. The third kappa shape index (κ3) is 9.29. The Morgan fingerprint density at radius 2 is 1.37 bits per heavy atom. The van der Waals surface area contributed by atoms with Crippen LogP contribution in [-0.4, -0.2) is 23.5 Å². The minimum atomic E-state index is -4.69. The van der Waals surface area contributed by atoms with Crippen LogP contribution in [0.25, 0.3) is 0 Å². The lowest BCUT2D eigenvalue weighted by atomic mass is 10.1. The summed E-state index contributed by atoms with van der Waals surface area (Å²) in [6.07, 6.45) is -9.29. The predicted octanol–water partition coefficient (Wildman–Crippen LogP) is 7.00. The Morgan fingerprint density at radius 1 is 0.816 bits per heavy atom. The number of aliphatic hydroxyl groups is 1. The number of nitrogens with zero attached hydrogens (tertiary/aromatic N) is 2. The van der Waals surface area contributed by atoms with Crippen molar-refractivity contribution < 1.29 is 35.8 Å². The van der Waals surface area contributed by atoms with Crippen molar-refractivity contribution in [1.29, 1.82) is 10.5 Å². The number of nitriles is 2. The van der Waals surface area contributed by atoms with Gasteiger partial charge in [0.15, 0.2) is 0 Å². The molecule has 0 saturated carbocycles. The molecular formula is C26H20F7N3OS. The summed E-state index contributed by atoms with van der Waals surface area (Å²) in [6, 6.07) is 17.7. The lowest BCUT2D eigenvalue weighted by Crippen LogP contribution is -2.26. The summed E-state index contributed by atoms with van der Waals surface area (Å²) in [5.74, 6) is 0.277. The Morgan fingerprint density at radius 3 is 1.89 bits per heavy atom. The fourth-order valence-electron chi connectivity index (χ4n) is 3.08. The van der Waals surface area contributed by atoms with E-state index in [2.05, 4.69) is 5.32 Å². The van der Waals surface area contributed by atoms with Gasteiger partial charge in [-0.15, -0.1) is 0 Å². The summed E-state index contributed by atoms with van der Waals surface area (Å²) >= 11 is 1.58. The maximum absolute atomic E-state index is 13.0. The second-order valence-electron chi connectivity index (χ2n) is 7.69. The van der Waals surface area contributed by atoms with Crippen LogP contribution in [0.15, 0.2) is 66.7 Å². The molecule has 12 heteroatoms. The Labute approximate surface area is 218 Å². The van der Waals surface area contributed by atoms with E-state index >= 15 is 0 Å². The number of hydrogen-bond acceptors (Lipinski definition) is 5. The second kappa shape index (κ2) is 13.7. The SMILES string of the molecule is N#Cc1ccc(F)cc1C(F)(F)F.N#Cc1ccc(N[C@H](CO)CSCc2ccccc2)cc1C(F)(F)F. The largest absolute Gasteiger partial charge is 0.417 e. The molecule has 0 heterocycles. The molecule has 0 saturated heterocycles. The third-order valence-corrected chi connectivity index (χ3v) is 6.05. The van der Waals surface area contributed by atoms with E-state index in [-0.39, 0.29) is 18.3 Å². The number of benzene rings is 3. The monoisotopic (exact) mass is 555 g/mol. The summed E-state index contributed by atoms with van der Waals surface area (Å²) in [5, 5.41) is 29.5. The standard InChI is InChI=1S/C18H17F3N2OS.C8H3F4N/c19-18(20,21)17-8-15(7-6-14(17)9-22)23-16(10-24)12-25-11-13-4-2-1-3-5-13;9-6-2-1-5(4-13)7(3-6)8(10,11)12/h1-8,16,23-24H,10-12H2;1-3H/t16-;/m1./s1. The first-order chi connectivity index (χ1) is 17.9. The van der Waals surface area contributed by atoms with Gasteiger partial charge in [0.25, 0.3) is 0 Å². The van der Waals surface area contributed by atoms with E-state index in [1.807, 2.05) is 30.3 Å². The minimum absolute atomic E-state index is 0.205. The maximum atomic E-state index is 13.0. The van der Waals surface area contributed by atoms with E-state index in [1.54, 1.807) is 17.8 Å².